The molecule has 1 amide bonds. The molecule has 0 aliphatic rings. The van der Waals surface area contributed by atoms with Gasteiger partial charge in [0.25, 0.3) is 5.91 Å². The fraction of sp³-hybridized carbons (Fsp3) is 0.200. The summed E-state index contributed by atoms with van der Waals surface area (Å²) in [6.45, 7) is 3.57. The first-order valence-electron chi connectivity index (χ1n) is 8.34. The molecule has 140 valence electrons. The fourth-order valence-electron chi connectivity index (χ4n) is 2.55. The van der Waals surface area contributed by atoms with Crippen LogP contribution in [-0.4, -0.2) is 11.1 Å². The summed E-state index contributed by atoms with van der Waals surface area (Å²) in [5.74, 6) is -0.871. The van der Waals surface area contributed by atoms with E-state index >= 15 is 0 Å². The number of aromatic nitrogens is 1. The van der Waals surface area contributed by atoms with E-state index in [1.165, 1.54) is 17.8 Å². The van der Waals surface area contributed by atoms with Gasteiger partial charge < -0.3 is 9.84 Å². The van der Waals surface area contributed by atoms with Gasteiger partial charge in [-0.05, 0) is 43.7 Å². The maximum absolute atomic E-state index is 13.4. The van der Waals surface area contributed by atoms with Crippen LogP contribution < -0.4 is 5.32 Å². The zero-order chi connectivity index (χ0) is 19.4. The van der Waals surface area contributed by atoms with Gasteiger partial charge >= 0.3 is 0 Å². The Morgan fingerprint density at radius 2 is 1.96 bits per heavy atom. The Labute approximate surface area is 160 Å². The van der Waals surface area contributed by atoms with Crippen LogP contribution in [0.15, 0.2) is 57.9 Å². The molecule has 4 nitrogen and oxygen atoms in total. The molecule has 0 bridgehead atoms. The Morgan fingerprint density at radius 3 is 2.67 bits per heavy atom. The molecule has 1 heterocycles. The first-order chi connectivity index (χ1) is 12.9. The number of carbonyl (C=O) groups excluding carboxylic acids is 1. The van der Waals surface area contributed by atoms with Crippen LogP contribution in [0, 0.1) is 18.6 Å². The topological polar surface area (TPSA) is 55.1 Å². The van der Waals surface area contributed by atoms with Gasteiger partial charge in [0.15, 0.2) is 11.6 Å². The number of amides is 1. The second-order valence-electron chi connectivity index (χ2n) is 6.09. The number of halogens is 2. The van der Waals surface area contributed by atoms with Crippen LogP contribution in [0.25, 0.3) is 0 Å². The molecule has 3 aromatic rings. The van der Waals surface area contributed by atoms with Gasteiger partial charge in [0.2, 0.25) is 0 Å². The molecule has 1 aromatic heterocycles. The number of hydrogen-bond donors (Lipinski definition) is 1. The monoisotopic (exact) mass is 388 g/mol. The highest BCUT2D eigenvalue weighted by Gasteiger charge is 2.16. The molecule has 0 saturated carbocycles. The molecular formula is C20H18F2N2O2S. The molecular weight excluding hydrogens is 370 g/mol. The van der Waals surface area contributed by atoms with E-state index in [1.807, 2.05) is 25.1 Å². The minimum absolute atomic E-state index is 0.288. The number of nitrogens with one attached hydrogen (secondary N) is 1. The lowest BCUT2D eigenvalue weighted by atomic mass is 10.1. The van der Waals surface area contributed by atoms with Crippen molar-refractivity contribution < 1.29 is 18.1 Å². The normalized spacial score (nSPS) is 12.0. The highest BCUT2D eigenvalue weighted by atomic mass is 32.2. The van der Waals surface area contributed by atoms with Crippen LogP contribution in [-0.2, 0) is 5.75 Å². The van der Waals surface area contributed by atoms with Gasteiger partial charge in [0.05, 0.1) is 23.1 Å². The minimum Gasteiger partial charge on any atom is -0.360 e. The van der Waals surface area contributed by atoms with Gasteiger partial charge in [0.1, 0.15) is 5.76 Å². The highest BCUT2D eigenvalue weighted by molar-refractivity contribution is 7.98. The van der Waals surface area contributed by atoms with Crippen LogP contribution in [0.4, 0.5) is 8.78 Å². The molecule has 0 saturated heterocycles. The van der Waals surface area contributed by atoms with Crippen molar-refractivity contribution in [2.75, 3.05) is 0 Å². The zero-order valence-corrected chi connectivity index (χ0v) is 15.6. The molecule has 3 rings (SSSR count). The number of rotatable bonds is 6. The molecule has 1 atom stereocenters. The maximum Gasteiger partial charge on any atom is 0.252 e. The van der Waals surface area contributed by atoms with Crippen molar-refractivity contribution in [2.24, 2.45) is 0 Å². The maximum atomic E-state index is 13.4. The van der Waals surface area contributed by atoms with E-state index in [9.17, 15) is 13.6 Å². The van der Waals surface area contributed by atoms with E-state index in [2.05, 4.69) is 10.5 Å². The summed E-state index contributed by atoms with van der Waals surface area (Å²) >= 11 is 1.46. The third-order valence-electron chi connectivity index (χ3n) is 3.97. The van der Waals surface area contributed by atoms with Crippen molar-refractivity contribution in [2.45, 2.75) is 30.5 Å². The number of thioether (sulfide) groups is 1. The van der Waals surface area contributed by atoms with E-state index in [4.69, 9.17) is 4.52 Å². The van der Waals surface area contributed by atoms with Crippen LogP contribution in [0.5, 0.6) is 0 Å². The molecule has 27 heavy (non-hydrogen) atoms. The average molecular weight is 388 g/mol. The molecule has 0 radical (unpaired) electrons. The van der Waals surface area contributed by atoms with Gasteiger partial charge in [-0.1, -0.05) is 23.4 Å². The van der Waals surface area contributed by atoms with Gasteiger partial charge in [-0.3, -0.25) is 4.79 Å². The van der Waals surface area contributed by atoms with Crippen LogP contribution in [0.2, 0.25) is 0 Å². The van der Waals surface area contributed by atoms with E-state index in [0.717, 1.165) is 28.5 Å². The number of benzene rings is 2. The second-order valence-corrected chi connectivity index (χ2v) is 7.11. The van der Waals surface area contributed by atoms with Crippen molar-refractivity contribution in [3.63, 3.8) is 0 Å². The Morgan fingerprint density at radius 1 is 1.19 bits per heavy atom. The Bertz CT molecular complexity index is 959. The van der Waals surface area contributed by atoms with Crippen molar-refractivity contribution in [3.8, 4) is 0 Å². The Kier molecular flexibility index (Phi) is 5.91. The molecule has 0 aliphatic heterocycles. The van der Waals surface area contributed by atoms with Gasteiger partial charge in [0, 0.05) is 11.0 Å². The molecule has 0 aliphatic carbocycles. The molecule has 0 fully saturated rings. The lowest BCUT2D eigenvalue weighted by Gasteiger charge is -2.16. The molecule has 1 N–H and O–H groups in total. The molecule has 1 unspecified atom stereocenters. The number of carbonyl (C=O) groups is 1. The largest absolute Gasteiger partial charge is 0.360 e. The first kappa shape index (κ1) is 19.1. The third kappa shape index (κ3) is 4.74. The summed E-state index contributed by atoms with van der Waals surface area (Å²) in [5, 5.41) is 6.67. The summed E-state index contributed by atoms with van der Waals surface area (Å²) in [5.41, 5.74) is 1.80. The average Bonchev–Trinajstić information content (AvgIpc) is 3.07. The minimum atomic E-state index is -0.938. The Hall–Kier alpha value is -2.67. The third-order valence-corrected chi connectivity index (χ3v) is 5.07. The quantitative estimate of drug-likeness (QED) is 0.601. The van der Waals surface area contributed by atoms with Crippen molar-refractivity contribution in [1.82, 2.24) is 10.5 Å². The van der Waals surface area contributed by atoms with Crippen LogP contribution in [0.1, 0.15) is 40.3 Å². The van der Waals surface area contributed by atoms with E-state index in [0.29, 0.717) is 16.9 Å². The number of aryl methyl sites for hydroxylation is 1. The predicted molar refractivity (Wildman–Crippen MR) is 99.5 cm³/mol. The standard InChI is InChI=1S/C20H18F2N2O2S/c1-12-9-15(26-24-12)11-27-19-6-4-3-5-16(19)20(25)23-13(2)14-7-8-17(21)18(22)10-14/h3-10,13H,11H2,1-2H3,(H,23,25). The molecule has 7 heteroatoms. The Balaban J connectivity index is 1.71. The van der Waals surface area contributed by atoms with E-state index in [1.54, 1.807) is 19.1 Å². The lowest BCUT2D eigenvalue weighted by Crippen LogP contribution is -2.27. The summed E-state index contributed by atoms with van der Waals surface area (Å²) in [6.07, 6.45) is 0. The van der Waals surface area contributed by atoms with Crippen molar-refractivity contribution in [1.29, 1.82) is 0 Å². The zero-order valence-electron chi connectivity index (χ0n) is 14.8. The fourth-order valence-corrected chi connectivity index (χ4v) is 3.48. The first-order valence-corrected chi connectivity index (χ1v) is 9.32. The molecule has 0 spiro atoms. The van der Waals surface area contributed by atoms with Crippen LogP contribution >= 0.6 is 11.8 Å². The van der Waals surface area contributed by atoms with Gasteiger partial charge in [-0.15, -0.1) is 11.8 Å². The van der Waals surface area contributed by atoms with Gasteiger partial charge in [-0.25, -0.2) is 8.78 Å². The SMILES string of the molecule is Cc1cc(CSc2ccccc2C(=O)NC(C)c2ccc(F)c(F)c2)on1. The summed E-state index contributed by atoms with van der Waals surface area (Å²) < 4.78 is 31.7. The van der Waals surface area contributed by atoms with Crippen molar-refractivity contribution >= 4 is 17.7 Å². The smallest absolute Gasteiger partial charge is 0.252 e. The van der Waals surface area contributed by atoms with E-state index in [-0.39, 0.29) is 5.91 Å². The van der Waals surface area contributed by atoms with Crippen LogP contribution in [0.3, 0.4) is 0 Å². The van der Waals surface area contributed by atoms with Gasteiger partial charge in [-0.2, -0.15) is 0 Å². The summed E-state index contributed by atoms with van der Waals surface area (Å²) in [4.78, 5) is 13.5. The number of nitrogens with zero attached hydrogens (tertiary/aromatic N) is 1. The number of hydrogen-bond acceptors (Lipinski definition) is 4. The predicted octanol–water partition coefficient (Wildman–Crippen LogP) is 5.04. The highest BCUT2D eigenvalue weighted by Crippen LogP contribution is 2.27. The summed E-state index contributed by atoms with van der Waals surface area (Å²) in [6, 6.07) is 12.2. The van der Waals surface area contributed by atoms with Crippen molar-refractivity contribution in [3.05, 3.63) is 82.7 Å². The second kappa shape index (κ2) is 8.35. The van der Waals surface area contributed by atoms with E-state index < -0.39 is 17.7 Å². The lowest BCUT2D eigenvalue weighted by molar-refractivity contribution is 0.0937. The molecule has 2 aromatic carbocycles. The summed E-state index contributed by atoms with van der Waals surface area (Å²) in [7, 11) is 0.